The lowest BCUT2D eigenvalue weighted by atomic mass is 10.0. The van der Waals surface area contributed by atoms with Crippen LogP contribution in [0.15, 0.2) is 35.5 Å². The zero-order valence-corrected chi connectivity index (χ0v) is 18.5. The summed E-state index contributed by atoms with van der Waals surface area (Å²) in [5.74, 6) is 0.653. The minimum atomic E-state index is -3.88. The molecule has 0 saturated heterocycles. The number of hydrogen-bond donors (Lipinski definition) is 4. The molecule has 2 aromatic rings. The second-order valence-electron chi connectivity index (χ2n) is 8.17. The van der Waals surface area contributed by atoms with E-state index in [9.17, 15) is 13.2 Å². The van der Waals surface area contributed by atoms with Crippen molar-refractivity contribution >= 4 is 33.4 Å². The Labute approximate surface area is 187 Å². The van der Waals surface area contributed by atoms with Gasteiger partial charge in [0, 0.05) is 31.2 Å². The third-order valence-electron chi connectivity index (χ3n) is 5.78. The highest BCUT2D eigenvalue weighted by Crippen LogP contribution is 2.35. The van der Waals surface area contributed by atoms with E-state index in [2.05, 4.69) is 25.9 Å². The quantitative estimate of drug-likeness (QED) is 0.508. The number of nitrogens with zero attached hydrogens (tertiary/aromatic N) is 2. The van der Waals surface area contributed by atoms with Crippen LogP contribution in [-0.2, 0) is 14.8 Å². The number of anilines is 3. The number of alkyl carbamates (subject to hydrolysis) is 1. The normalized spacial score (nSPS) is 22.2. The SMILES string of the molecule is NS(=O)(=O)c1ccc2cc1NCCCCCNC(=O)O[C@H]1CC[C@H](C1)c1cnc(nc1)N2. The van der Waals surface area contributed by atoms with E-state index in [1.165, 1.54) is 6.07 Å². The van der Waals surface area contributed by atoms with E-state index >= 15 is 0 Å². The lowest BCUT2D eigenvalue weighted by molar-refractivity contribution is 0.100. The van der Waals surface area contributed by atoms with Crippen LogP contribution in [-0.4, -0.2) is 43.7 Å². The number of amides is 1. The first kappa shape index (κ1) is 22.3. The van der Waals surface area contributed by atoms with Gasteiger partial charge < -0.3 is 20.7 Å². The summed E-state index contributed by atoms with van der Waals surface area (Å²) in [6.07, 6.45) is 8.04. The smallest absolute Gasteiger partial charge is 0.407 e. The number of hydrogen-bond acceptors (Lipinski definition) is 8. The maximum absolute atomic E-state index is 12.1. The molecule has 5 N–H and O–H groups in total. The molecular weight excluding hydrogens is 432 g/mol. The molecule has 0 spiro atoms. The molecule has 0 unspecified atom stereocenters. The van der Waals surface area contributed by atoms with Crippen molar-refractivity contribution in [2.24, 2.45) is 5.14 Å². The van der Waals surface area contributed by atoms with Gasteiger partial charge in [0.1, 0.15) is 11.0 Å². The van der Waals surface area contributed by atoms with Gasteiger partial charge in [-0.3, -0.25) is 0 Å². The molecular formula is C21H28N6O4S. The summed E-state index contributed by atoms with van der Waals surface area (Å²) in [6, 6.07) is 4.79. The zero-order valence-electron chi connectivity index (χ0n) is 17.7. The topological polar surface area (TPSA) is 148 Å². The molecule has 1 aromatic heterocycles. The first-order chi connectivity index (χ1) is 15.4. The summed E-state index contributed by atoms with van der Waals surface area (Å²) in [7, 11) is -3.88. The number of ether oxygens (including phenoxy) is 1. The second kappa shape index (κ2) is 9.70. The van der Waals surface area contributed by atoms with Crippen LogP contribution in [0, 0.1) is 0 Å². The van der Waals surface area contributed by atoms with Gasteiger partial charge >= 0.3 is 6.09 Å². The first-order valence-electron chi connectivity index (χ1n) is 10.8. The number of rotatable bonds is 1. The molecule has 11 heteroatoms. The molecule has 3 aliphatic rings. The Kier molecular flexibility index (Phi) is 6.75. The number of carbonyl (C=O) groups excluding carboxylic acids is 1. The van der Waals surface area contributed by atoms with E-state index in [4.69, 9.17) is 9.88 Å². The van der Waals surface area contributed by atoms with Crippen molar-refractivity contribution in [3.05, 3.63) is 36.2 Å². The molecule has 5 rings (SSSR count). The molecule has 1 saturated carbocycles. The highest BCUT2D eigenvalue weighted by Gasteiger charge is 2.29. The average molecular weight is 461 g/mol. The van der Waals surface area contributed by atoms with Gasteiger partial charge in [-0.25, -0.2) is 28.3 Å². The van der Waals surface area contributed by atoms with E-state index in [-0.39, 0.29) is 23.0 Å². The predicted molar refractivity (Wildman–Crippen MR) is 120 cm³/mol. The van der Waals surface area contributed by atoms with Crippen molar-refractivity contribution < 1.29 is 17.9 Å². The fraction of sp³-hybridized carbons (Fsp3) is 0.476. The summed E-state index contributed by atoms with van der Waals surface area (Å²) in [6.45, 7) is 1.09. The maximum atomic E-state index is 12.1. The Morgan fingerprint density at radius 3 is 2.53 bits per heavy atom. The maximum Gasteiger partial charge on any atom is 0.407 e. The van der Waals surface area contributed by atoms with Crippen molar-refractivity contribution in [1.29, 1.82) is 0 Å². The van der Waals surface area contributed by atoms with Crippen molar-refractivity contribution in [2.75, 3.05) is 23.7 Å². The van der Waals surface area contributed by atoms with Crippen LogP contribution in [0.25, 0.3) is 0 Å². The molecule has 6 bridgehead atoms. The van der Waals surface area contributed by atoms with Crippen LogP contribution in [0.4, 0.5) is 22.1 Å². The molecule has 1 aromatic carbocycles. The minimum Gasteiger partial charge on any atom is -0.446 e. The monoisotopic (exact) mass is 460 g/mol. The predicted octanol–water partition coefficient (Wildman–Crippen LogP) is 2.83. The number of nitrogens with one attached hydrogen (secondary N) is 3. The Morgan fingerprint density at radius 1 is 1.03 bits per heavy atom. The second-order valence-corrected chi connectivity index (χ2v) is 9.70. The number of aromatic nitrogens is 2. The summed E-state index contributed by atoms with van der Waals surface area (Å²) in [5.41, 5.74) is 2.07. The fourth-order valence-electron chi connectivity index (χ4n) is 4.12. The highest BCUT2D eigenvalue weighted by molar-refractivity contribution is 7.89. The number of nitrogens with two attached hydrogens (primary N) is 1. The largest absolute Gasteiger partial charge is 0.446 e. The first-order valence-corrected chi connectivity index (χ1v) is 12.4. The zero-order chi connectivity index (χ0) is 22.6. The third kappa shape index (κ3) is 5.65. The molecule has 10 nitrogen and oxygen atoms in total. The summed E-state index contributed by atoms with van der Waals surface area (Å²) in [4.78, 5) is 20.9. The molecule has 0 radical (unpaired) electrons. The van der Waals surface area contributed by atoms with Crippen molar-refractivity contribution in [3.63, 3.8) is 0 Å². The molecule has 2 atom stereocenters. The Hall–Kier alpha value is -2.92. The third-order valence-corrected chi connectivity index (χ3v) is 6.75. The molecule has 1 fully saturated rings. The lowest BCUT2D eigenvalue weighted by Gasteiger charge is -2.15. The van der Waals surface area contributed by atoms with Crippen molar-refractivity contribution in [3.8, 4) is 0 Å². The highest BCUT2D eigenvalue weighted by atomic mass is 32.2. The van der Waals surface area contributed by atoms with Gasteiger partial charge in [-0.05, 0) is 68.2 Å². The molecule has 1 amide bonds. The molecule has 3 heterocycles. The van der Waals surface area contributed by atoms with Gasteiger partial charge in [0.25, 0.3) is 0 Å². The molecule has 32 heavy (non-hydrogen) atoms. The fourth-order valence-corrected chi connectivity index (χ4v) is 4.82. The average Bonchev–Trinajstić information content (AvgIpc) is 3.20. The van der Waals surface area contributed by atoms with Crippen LogP contribution >= 0.6 is 0 Å². The van der Waals surface area contributed by atoms with Crippen LogP contribution in [0.1, 0.15) is 50.0 Å². The lowest BCUT2D eigenvalue weighted by Crippen LogP contribution is -2.28. The number of carbonyl (C=O) groups is 1. The van der Waals surface area contributed by atoms with E-state index < -0.39 is 10.0 Å². The number of primary sulfonamides is 1. The van der Waals surface area contributed by atoms with E-state index in [1.54, 1.807) is 24.5 Å². The van der Waals surface area contributed by atoms with Gasteiger partial charge in [0.2, 0.25) is 16.0 Å². The number of sulfonamides is 1. The van der Waals surface area contributed by atoms with E-state index in [1.807, 2.05) is 0 Å². The van der Waals surface area contributed by atoms with Gasteiger partial charge in [0.15, 0.2) is 0 Å². The van der Waals surface area contributed by atoms with Crippen LogP contribution < -0.4 is 21.1 Å². The Morgan fingerprint density at radius 2 is 1.78 bits per heavy atom. The van der Waals surface area contributed by atoms with E-state index in [0.29, 0.717) is 30.4 Å². The minimum absolute atomic E-state index is 0.0293. The summed E-state index contributed by atoms with van der Waals surface area (Å²) >= 11 is 0. The molecule has 172 valence electrons. The standard InChI is InChI=1S/C21H28N6O4S/c22-32(29,30)19-7-5-16-11-18(19)23-8-2-1-3-9-24-21(28)31-17-6-4-14(10-17)15-12-25-20(27-16)26-13-15/h5,7,11-14,17,23H,1-4,6,8-10H2,(H,24,28)(H2,22,29,30)(H,25,26,27)/t14-,17+/m1/s1. The van der Waals surface area contributed by atoms with Gasteiger partial charge in [-0.15, -0.1) is 0 Å². The van der Waals surface area contributed by atoms with Crippen LogP contribution in [0.3, 0.4) is 0 Å². The van der Waals surface area contributed by atoms with Gasteiger partial charge in [0.05, 0.1) is 5.69 Å². The van der Waals surface area contributed by atoms with Gasteiger partial charge in [-0.2, -0.15) is 0 Å². The Balaban J connectivity index is 1.56. The van der Waals surface area contributed by atoms with Crippen molar-refractivity contribution in [1.82, 2.24) is 15.3 Å². The van der Waals surface area contributed by atoms with Gasteiger partial charge in [-0.1, -0.05) is 0 Å². The number of fused-ring (bicyclic) bond motifs is 10. The summed E-state index contributed by atoms with van der Waals surface area (Å²) < 4.78 is 29.5. The van der Waals surface area contributed by atoms with Crippen LogP contribution in [0.5, 0.6) is 0 Å². The molecule has 1 aliphatic carbocycles. The number of benzene rings is 1. The van der Waals surface area contributed by atoms with Crippen molar-refractivity contribution in [2.45, 2.75) is 55.4 Å². The Bertz CT molecular complexity index is 1060. The van der Waals surface area contributed by atoms with E-state index in [0.717, 1.165) is 44.1 Å². The summed E-state index contributed by atoms with van der Waals surface area (Å²) in [5, 5.41) is 14.4. The molecule has 2 aliphatic heterocycles. The van der Waals surface area contributed by atoms with Crippen LogP contribution in [0.2, 0.25) is 0 Å².